The van der Waals surface area contributed by atoms with Crippen molar-refractivity contribution in [3.8, 4) is 0 Å². The Balaban J connectivity index is 1.79. The first kappa shape index (κ1) is 13.7. The van der Waals surface area contributed by atoms with Gasteiger partial charge >= 0.3 is 0 Å². The van der Waals surface area contributed by atoms with Crippen LogP contribution in [0.5, 0.6) is 0 Å². The van der Waals surface area contributed by atoms with Crippen LogP contribution in [0.1, 0.15) is 29.6 Å². The van der Waals surface area contributed by atoms with Crippen molar-refractivity contribution in [1.82, 2.24) is 15.2 Å². The van der Waals surface area contributed by atoms with Crippen LogP contribution in [0.15, 0.2) is 18.3 Å². The number of aromatic nitrogens is 1. The van der Waals surface area contributed by atoms with Gasteiger partial charge < -0.3 is 15.2 Å². The van der Waals surface area contributed by atoms with Gasteiger partial charge in [0.2, 0.25) is 5.91 Å². The van der Waals surface area contributed by atoms with E-state index >= 15 is 0 Å². The lowest BCUT2D eigenvalue weighted by Crippen LogP contribution is -2.32. The van der Waals surface area contributed by atoms with Gasteiger partial charge in [0.05, 0.1) is 5.56 Å². The number of likely N-dealkylation sites (tertiary alicyclic amines) is 1. The summed E-state index contributed by atoms with van der Waals surface area (Å²) < 4.78 is 0.408. The molecular weight excluding hydrogens is 262 g/mol. The van der Waals surface area contributed by atoms with Crippen molar-refractivity contribution in [2.45, 2.75) is 19.3 Å². The number of aromatic amines is 1. The van der Waals surface area contributed by atoms with Crippen molar-refractivity contribution in [1.29, 1.82) is 0 Å². The molecule has 2 amide bonds. The van der Waals surface area contributed by atoms with Gasteiger partial charge in [0.15, 0.2) is 0 Å². The molecule has 1 aromatic rings. The van der Waals surface area contributed by atoms with Crippen LogP contribution in [-0.2, 0) is 4.79 Å². The maximum atomic E-state index is 11.8. The van der Waals surface area contributed by atoms with E-state index < -0.39 is 0 Å². The number of amides is 2. The summed E-state index contributed by atoms with van der Waals surface area (Å²) in [6.45, 7) is 2.03. The number of hydrogen-bond acceptors (Lipinski definition) is 3. The van der Waals surface area contributed by atoms with Gasteiger partial charge in [-0.05, 0) is 25.0 Å². The minimum atomic E-state index is -0.240. The molecule has 2 heterocycles. The molecular formula is C13H17N3O2S. The lowest BCUT2D eigenvalue weighted by molar-refractivity contribution is -0.129. The zero-order chi connectivity index (χ0) is 13.7. The van der Waals surface area contributed by atoms with Gasteiger partial charge in [0.1, 0.15) is 4.64 Å². The van der Waals surface area contributed by atoms with Gasteiger partial charge in [0, 0.05) is 32.3 Å². The normalized spacial score (nSPS) is 14.4. The van der Waals surface area contributed by atoms with Crippen LogP contribution in [0.25, 0.3) is 0 Å². The number of nitrogens with zero attached hydrogens (tertiary/aromatic N) is 1. The van der Waals surface area contributed by atoms with Crippen molar-refractivity contribution < 1.29 is 9.59 Å². The molecule has 1 fully saturated rings. The minimum absolute atomic E-state index is 0.107. The van der Waals surface area contributed by atoms with Crippen LogP contribution in [-0.4, -0.2) is 41.3 Å². The highest BCUT2D eigenvalue weighted by Crippen LogP contribution is 2.08. The SMILES string of the molecule is O=C(NCCC(=O)N1CCCC1)c1ccc[nH]c1=S. The van der Waals surface area contributed by atoms with Crippen molar-refractivity contribution in [3.05, 3.63) is 28.5 Å². The average Bonchev–Trinajstić information content (AvgIpc) is 2.93. The van der Waals surface area contributed by atoms with Crippen LogP contribution in [0, 0.1) is 4.64 Å². The number of carbonyl (C=O) groups excluding carboxylic acids is 2. The first-order chi connectivity index (χ1) is 9.18. The first-order valence-corrected chi connectivity index (χ1v) is 6.83. The van der Waals surface area contributed by atoms with E-state index in [1.54, 1.807) is 18.3 Å². The lowest BCUT2D eigenvalue weighted by atomic mass is 10.2. The summed E-state index contributed by atoms with van der Waals surface area (Å²) in [7, 11) is 0. The fourth-order valence-electron chi connectivity index (χ4n) is 2.10. The third-order valence-electron chi connectivity index (χ3n) is 3.15. The molecule has 6 heteroatoms. The summed E-state index contributed by atoms with van der Waals surface area (Å²) >= 11 is 5.03. The Hall–Kier alpha value is -1.69. The number of hydrogen-bond donors (Lipinski definition) is 2. The average molecular weight is 279 g/mol. The second-order valence-corrected chi connectivity index (χ2v) is 4.91. The fourth-order valence-corrected chi connectivity index (χ4v) is 2.33. The monoisotopic (exact) mass is 279 g/mol. The molecule has 0 saturated carbocycles. The molecule has 2 N–H and O–H groups in total. The first-order valence-electron chi connectivity index (χ1n) is 6.42. The van der Waals surface area contributed by atoms with Crippen molar-refractivity contribution in [2.75, 3.05) is 19.6 Å². The Morgan fingerprint density at radius 2 is 2.11 bits per heavy atom. The Kier molecular flexibility index (Phi) is 4.68. The second-order valence-electron chi connectivity index (χ2n) is 4.51. The molecule has 1 aliphatic heterocycles. The summed E-state index contributed by atoms with van der Waals surface area (Å²) in [6.07, 6.45) is 4.18. The quantitative estimate of drug-likeness (QED) is 0.821. The standard InChI is InChI=1S/C13H17N3O2S/c17-11(16-8-1-2-9-16)5-7-14-12(18)10-4-3-6-15-13(10)19/h3-4,6H,1-2,5,7-9H2,(H,14,18)(H,15,19). The molecule has 0 aromatic carbocycles. The van der Waals surface area contributed by atoms with Crippen molar-refractivity contribution >= 4 is 24.0 Å². The van der Waals surface area contributed by atoms with Crippen LogP contribution in [0.4, 0.5) is 0 Å². The number of pyridine rings is 1. The Labute approximate surface area is 117 Å². The molecule has 1 saturated heterocycles. The highest BCUT2D eigenvalue weighted by molar-refractivity contribution is 7.71. The number of carbonyl (C=O) groups is 2. The lowest BCUT2D eigenvalue weighted by Gasteiger charge is -2.15. The number of rotatable bonds is 4. The fraction of sp³-hybridized carbons (Fsp3) is 0.462. The third-order valence-corrected chi connectivity index (χ3v) is 3.48. The molecule has 0 aliphatic carbocycles. The molecule has 0 bridgehead atoms. The number of nitrogens with one attached hydrogen (secondary N) is 2. The molecule has 0 spiro atoms. The minimum Gasteiger partial charge on any atom is -0.352 e. The molecule has 19 heavy (non-hydrogen) atoms. The Morgan fingerprint density at radius 3 is 2.79 bits per heavy atom. The largest absolute Gasteiger partial charge is 0.352 e. The third kappa shape index (κ3) is 3.64. The van der Waals surface area contributed by atoms with E-state index in [2.05, 4.69) is 10.3 Å². The summed E-state index contributed by atoms with van der Waals surface area (Å²) in [4.78, 5) is 28.3. The molecule has 2 rings (SSSR count). The number of H-pyrrole nitrogens is 1. The molecule has 1 aromatic heterocycles. The molecule has 1 aliphatic rings. The van der Waals surface area contributed by atoms with Crippen LogP contribution >= 0.6 is 12.2 Å². The zero-order valence-corrected chi connectivity index (χ0v) is 11.5. The molecule has 0 radical (unpaired) electrons. The van der Waals surface area contributed by atoms with Gasteiger partial charge in [-0.15, -0.1) is 0 Å². The topological polar surface area (TPSA) is 65.2 Å². The van der Waals surface area contributed by atoms with Crippen LogP contribution in [0.3, 0.4) is 0 Å². The van der Waals surface area contributed by atoms with Crippen molar-refractivity contribution in [2.24, 2.45) is 0 Å². The highest BCUT2D eigenvalue weighted by atomic mass is 32.1. The van der Waals surface area contributed by atoms with E-state index in [1.807, 2.05) is 4.90 Å². The van der Waals surface area contributed by atoms with E-state index in [0.29, 0.717) is 23.2 Å². The summed E-state index contributed by atoms with van der Waals surface area (Å²) in [6, 6.07) is 3.39. The van der Waals surface area contributed by atoms with E-state index in [9.17, 15) is 9.59 Å². The predicted octanol–water partition coefficient (Wildman–Crippen LogP) is 1.49. The van der Waals surface area contributed by atoms with E-state index in [4.69, 9.17) is 12.2 Å². The van der Waals surface area contributed by atoms with Gasteiger partial charge in [0.25, 0.3) is 5.91 Å². The van der Waals surface area contributed by atoms with E-state index in [-0.39, 0.29) is 11.8 Å². The summed E-state index contributed by atoms with van der Waals surface area (Å²) in [5.74, 6) is -0.132. The Bertz CT molecular complexity index is 521. The van der Waals surface area contributed by atoms with Gasteiger partial charge in [-0.25, -0.2) is 0 Å². The summed E-state index contributed by atoms with van der Waals surface area (Å²) in [5, 5.41) is 2.72. The van der Waals surface area contributed by atoms with Crippen molar-refractivity contribution in [3.63, 3.8) is 0 Å². The highest BCUT2D eigenvalue weighted by Gasteiger charge is 2.17. The maximum Gasteiger partial charge on any atom is 0.254 e. The summed E-state index contributed by atoms with van der Waals surface area (Å²) in [5.41, 5.74) is 0.436. The van der Waals surface area contributed by atoms with Gasteiger partial charge in [-0.3, -0.25) is 9.59 Å². The molecule has 0 atom stereocenters. The predicted molar refractivity (Wildman–Crippen MR) is 74.4 cm³/mol. The van der Waals surface area contributed by atoms with Crippen LogP contribution in [0.2, 0.25) is 0 Å². The maximum absolute atomic E-state index is 11.8. The van der Waals surface area contributed by atoms with Gasteiger partial charge in [-0.1, -0.05) is 12.2 Å². The zero-order valence-electron chi connectivity index (χ0n) is 10.6. The van der Waals surface area contributed by atoms with E-state index in [1.165, 1.54) is 0 Å². The second kappa shape index (κ2) is 6.47. The van der Waals surface area contributed by atoms with Gasteiger partial charge in [-0.2, -0.15) is 0 Å². The van der Waals surface area contributed by atoms with Crippen LogP contribution < -0.4 is 5.32 Å². The Morgan fingerprint density at radius 1 is 1.37 bits per heavy atom. The molecule has 102 valence electrons. The molecule has 5 nitrogen and oxygen atoms in total. The molecule has 0 unspecified atom stereocenters. The van der Waals surface area contributed by atoms with E-state index in [0.717, 1.165) is 25.9 Å². The smallest absolute Gasteiger partial charge is 0.254 e.